The van der Waals surface area contributed by atoms with Crippen molar-refractivity contribution < 1.29 is 4.74 Å². The lowest BCUT2D eigenvalue weighted by molar-refractivity contribution is 0.144. The second kappa shape index (κ2) is 7.51. The molecule has 0 radical (unpaired) electrons. The molecule has 140 valence electrons. The number of hydrogen-bond donors (Lipinski definition) is 0. The molecule has 0 saturated heterocycles. The Kier molecular flexibility index (Phi) is 4.92. The zero-order chi connectivity index (χ0) is 18.8. The van der Waals surface area contributed by atoms with E-state index in [1.807, 2.05) is 32.2 Å². The van der Waals surface area contributed by atoms with Gasteiger partial charge in [0.15, 0.2) is 0 Å². The first-order valence-electron chi connectivity index (χ1n) is 9.68. The zero-order valence-corrected chi connectivity index (χ0v) is 16.2. The third-order valence-corrected chi connectivity index (χ3v) is 5.37. The predicted octanol–water partition coefficient (Wildman–Crippen LogP) is 4.69. The van der Waals surface area contributed by atoms with Gasteiger partial charge in [0.25, 0.3) is 0 Å². The lowest BCUT2D eigenvalue weighted by Crippen LogP contribution is -2.24. The van der Waals surface area contributed by atoms with E-state index in [1.54, 1.807) is 0 Å². The Morgan fingerprint density at radius 1 is 0.889 bits per heavy atom. The SMILES string of the molecule is Cc1ccc(-n2c(C)nnc2C2CCC(Oc3ccc(C)nc3)CC2)cc1. The van der Waals surface area contributed by atoms with Crippen LogP contribution in [-0.4, -0.2) is 25.9 Å². The quantitative estimate of drug-likeness (QED) is 0.675. The maximum absolute atomic E-state index is 6.12. The van der Waals surface area contributed by atoms with Crippen LogP contribution < -0.4 is 4.74 Å². The van der Waals surface area contributed by atoms with E-state index in [-0.39, 0.29) is 6.10 Å². The molecule has 5 heteroatoms. The summed E-state index contributed by atoms with van der Waals surface area (Å²) in [5.41, 5.74) is 3.41. The van der Waals surface area contributed by atoms with Crippen molar-refractivity contribution in [2.45, 2.75) is 58.5 Å². The number of aryl methyl sites for hydroxylation is 3. The fourth-order valence-electron chi connectivity index (χ4n) is 3.81. The van der Waals surface area contributed by atoms with Crippen LogP contribution in [0.4, 0.5) is 0 Å². The Labute approximate surface area is 160 Å². The zero-order valence-electron chi connectivity index (χ0n) is 16.2. The molecule has 0 aliphatic heterocycles. The van der Waals surface area contributed by atoms with Crippen LogP contribution in [0, 0.1) is 20.8 Å². The van der Waals surface area contributed by atoms with Crippen LogP contribution in [0.15, 0.2) is 42.6 Å². The number of ether oxygens (including phenoxy) is 1. The molecule has 1 aromatic carbocycles. The Hall–Kier alpha value is -2.69. The van der Waals surface area contributed by atoms with E-state index in [9.17, 15) is 0 Å². The van der Waals surface area contributed by atoms with Crippen LogP contribution in [0.5, 0.6) is 5.75 Å². The molecule has 3 aromatic rings. The standard InChI is InChI=1S/C22H26N4O/c1-15-4-9-19(10-5-15)26-17(3)24-25-22(26)18-7-12-20(13-8-18)27-21-11-6-16(2)23-14-21/h4-6,9-11,14,18,20H,7-8,12-13H2,1-3H3. The van der Waals surface area contributed by atoms with Crippen molar-refractivity contribution in [3.8, 4) is 11.4 Å². The number of pyridine rings is 1. The summed E-state index contributed by atoms with van der Waals surface area (Å²) in [6.45, 7) is 6.12. The van der Waals surface area contributed by atoms with Crippen LogP contribution in [0.2, 0.25) is 0 Å². The minimum Gasteiger partial charge on any atom is -0.489 e. The molecule has 0 atom stereocenters. The summed E-state index contributed by atoms with van der Waals surface area (Å²) in [6.07, 6.45) is 6.25. The normalized spacial score (nSPS) is 19.8. The molecule has 0 N–H and O–H groups in total. The van der Waals surface area contributed by atoms with Crippen molar-refractivity contribution in [2.24, 2.45) is 0 Å². The Morgan fingerprint density at radius 2 is 1.63 bits per heavy atom. The molecule has 0 spiro atoms. The van der Waals surface area contributed by atoms with Crippen LogP contribution in [0.25, 0.3) is 5.69 Å². The van der Waals surface area contributed by atoms with Crippen LogP contribution in [0.1, 0.15) is 54.5 Å². The largest absolute Gasteiger partial charge is 0.489 e. The number of benzene rings is 1. The number of hydrogen-bond acceptors (Lipinski definition) is 4. The second-order valence-electron chi connectivity index (χ2n) is 7.50. The molecule has 2 aromatic heterocycles. The van der Waals surface area contributed by atoms with Gasteiger partial charge < -0.3 is 4.74 Å². The number of nitrogens with zero attached hydrogens (tertiary/aromatic N) is 4. The first-order valence-corrected chi connectivity index (χ1v) is 9.68. The summed E-state index contributed by atoms with van der Waals surface area (Å²) in [5, 5.41) is 8.88. The molecule has 1 aliphatic rings. The van der Waals surface area contributed by atoms with Crippen molar-refractivity contribution in [2.75, 3.05) is 0 Å². The Balaban J connectivity index is 1.45. The minimum atomic E-state index is 0.252. The van der Waals surface area contributed by atoms with Crippen molar-refractivity contribution >= 4 is 0 Å². The van der Waals surface area contributed by atoms with Gasteiger partial charge in [0.2, 0.25) is 0 Å². The molecular formula is C22H26N4O. The molecule has 1 aliphatic carbocycles. The number of aromatic nitrogens is 4. The maximum Gasteiger partial charge on any atom is 0.140 e. The molecule has 4 rings (SSSR count). The molecule has 2 heterocycles. The molecule has 1 saturated carbocycles. The highest BCUT2D eigenvalue weighted by Gasteiger charge is 2.28. The summed E-state index contributed by atoms with van der Waals surface area (Å²) in [5.74, 6) is 3.30. The van der Waals surface area contributed by atoms with Crippen LogP contribution in [0.3, 0.4) is 0 Å². The summed E-state index contributed by atoms with van der Waals surface area (Å²) < 4.78 is 8.33. The first-order chi connectivity index (χ1) is 13.1. The van der Waals surface area contributed by atoms with E-state index in [0.29, 0.717) is 5.92 Å². The molecule has 27 heavy (non-hydrogen) atoms. The van der Waals surface area contributed by atoms with Crippen molar-refractivity contribution in [3.05, 3.63) is 65.5 Å². The van der Waals surface area contributed by atoms with Gasteiger partial charge >= 0.3 is 0 Å². The van der Waals surface area contributed by atoms with Crippen LogP contribution in [-0.2, 0) is 0 Å². The van der Waals surface area contributed by atoms with E-state index in [2.05, 4.69) is 50.9 Å². The fourth-order valence-corrected chi connectivity index (χ4v) is 3.81. The van der Waals surface area contributed by atoms with Gasteiger partial charge in [-0.1, -0.05) is 17.7 Å². The van der Waals surface area contributed by atoms with Gasteiger partial charge in [0.1, 0.15) is 17.4 Å². The second-order valence-corrected chi connectivity index (χ2v) is 7.50. The van der Waals surface area contributed by atoms with E-state index < -0.39 is 0 Å². The van der Waals surface area contributed by atoms with Gasteiger partial charge in [-0.25, -0.2) is 0 Å². The van der Waals surface area contributed by atoms with Crippen molar-refractivity contribution in [1.82, 2.24) is 19.7 Å². The average molecular weight is 362 g/mol. The minimum absolute atomic E-state index is 0.252. The average Bonchev–Trinajstić information content (AvgIpc) is 3.06. The van der Waals surface area contributed by atoms with E-state index in [4.69, 9.17) is 4.74 Å². The molecule has 1 fully saturated rings. The van der Waals surface area contributed by atoms with Gasteiger partial charge in [-0.15, -0.1) is 10.2 Å². The summed E-state index contributed by atoms with van der Waals surface area (Å²) >= 11 is 0. The highest BCUT2D eigenvalue weighted by Crippen LogP contribution is 2.35. The summed E-state index contributed by atoms with van der Waals surface area (Å²) in [4.78, 5) is 4.31. The van der Waals surface area contributed by atoms with Crippen molar-refractivity contribution in [1.29, 1.82) is 0 Å². The Morgan fingerprint density at radius 3 is 2.30 bits per heavy atom. The summed E-state index contributed by atoms with van der Waals surface area (Å²) in [6, 6.07) is 12.6. The smallest absolute Gasteiger partial charge is 0.140 e. The van der Waals surface area contributed by atoms with E-state index >= 15 is 0 Å². The van der Waals surface area contributed by atoms with Gasteiger partial charge in [-0.05, 0) is 70.7 Å². The highest BCUT2D eigenvalue weighted by atomic mass is 16.5. The van der Waals surface area contributed by atoms with Gasteiger partial charge in [0, 0.05) is 17.3 Å². The van der Waals surface area contributed by atoms with Crippen LogP contribution >= 0.6 is 0 Å². The summed E-state index contributed by atoms with van der Waals surface area (Å²) in [7, 11) is 0. The predicted molar refractivity (Wildman–Crippen MR) is 105 cm³/mol. The molecule has 0 amide bonds. The van der Waals surface area contributed by atoms with Crippen molar-refractivity contribution in [3.63, 3.8) is 0 Å². The fraction of sp³-hybridized carbons (Fsp3) is 0.409. The van der Waals surface area contributed by atoms with Gasteiger partial charge in [-0.3, -0.25) is 9.55 Å². The Bertz CT molecular complexity index is 891. The van der Waals surface area contributed by atoms with Gasteiger partial charge in [-0.2, -0.15) is 0 Å². The van der Waals surface area contributed by atoms with Gasteiger partial charge in [0.05, 0.1) is 12.3 Å². The number of rotatable bonds is 4. The molecule has 5 nitrogen and oxygen atoms in total. The van der Waals surface area contributed by atoms with E-state index in [0.717, 1.165) is 54.5 Å². The third-order valence-electron chi connectivity index (χ3n) is 5.37. The first kappa shape index (κ1) is 17.7. The van der Waals surface area contributed by atoms with E-state index in [1.165, 1.54) is 5.56 Å². The molecule has 0 unspecified atom stereocenters. The highest BCUT2D eigenvalue weighted by molar-refractivity contribution is 5.37. The monoisotopic (exact) mass is 362 g/mol. The molecule has 0 bridgehead atoms. The lowest BCUT2D eigenvalue weighted by atomic mass is 9.86. The topological polar surface area (TPSA) is 52.8 Å². The lowest BCUT2D eigenvalue weighted by Gasteiger charge is -2.28. The third kappa shape index (κ3) is 3.87. The molecular weight excluding hydrogens is 336 g/mol. The maximum atomic E-state index is 6.12.